The van der Waals surface area contributed by atoms with Gasteiger partial charge in [0.25, 0.3) is 0 Å². The molecule has 0 aromatic heterocycles. The molecular weight excluding hydrogens is 803 g/mol. The van der Waals surface area contributed by atoms with Gasteiger partial charge in [-0.2, -0.15) is 0 Å². The summed E-state index contributed by atoms with van der Waals surface area (Å²) in [6.07, 6.45) is 64.6. The Bertz CT molecular complexity index is 1110. The molecule has 0 saturated carbocycles. The summed E-state index contributed by atoms with van der Waals surface area (Å²) in [6, 6.07) is -0.712. The van der Waals surface area contributed by atoms with Crippen LogP contribution in [0.4, 0.5) is 0 Å². The van der Waals surface area contributed by atoms with Crippen molar-refractivity contribution < 1.29 is 24.5 Å². The Morgan fingerprint density at radius 2 is 0.800 bits per heavy atom. The Kier molecular flexibility index (Phi) is 51.0. The Labute approximate surface area is 404 Å². The first-order chi connectivity index (χ1) is 32.0. The molecule has 0 radical (unpaired) electrons. The number of amides is 1. The highest BCUT2D eigenvalue weighted by Crippen LogP contribution is 2.18. The highest BCUT2D eigenvalue weighted by Gasteiger charge is 2.24. The number of allylic oxidation sites excluding steroid dienone is 8. The quantitative estimate of drug-likeness (QED) is 0.0245. The van der Waals surface area contributed by atoms with Crippen molar-refractivity contribution in [2.24, 2.45) is 0 Å². The maximum atomic E-state index is 13.2. The summed E-state index contributed by atoms with van der Waals surface area (Å²) < 4.78 is 5.94. The van der Waals surface area contributed by atoms with Gasteiger partial charge in [0.15, 0.2) is 0 Å². The first kappa shape index (κ1) is 62.8. The lowest BCUT2D eigenvalue weighted by Gasteiger charge is -2.24. The molecule has 0 aliphatic heterocycles. The van der Waals surface area contributed by atoms with Crippen molar-refractivity contribution in [3.8, 4) is 0 Å². The van der Waals surface area contributed by atoms with Crippen LogP contribution in [0.5, 0.6) is 0 Å². The molecule has 1 amide bonds. The number of unbranched alkanes of at least 4 members (excludes halogenated alkanes) is 33. The molecule has 3 N–H and O–H groups in total. The van der Waals surface area contributed by atoms with Crippen molar-refractivity contribution in [2.45, 2.75) is 309 Å². The number of hydrogen-bond acceptors (Lipinski definition) is 5. The van der Waals surface area contributed by atoms with Gasteiger partial charge in [0, 0.05) is 6.42 Å². The molecule has 0 fully saturated rings. The third-order valence-electron chi connectivity index (χ3n) is 12.9. The number of ether oxygens (including phenoxy) is 1. The van der Waals surface area contributed by atoms with E-state index in [0.29, 0.717) is 19.3 Å². The molecule has 0 rings (SSSR count). The molecule has 0 aromatic rings. The SMILES string of the molecule is CCCCCCC/C=C/C=C/C=C/CCCCCC(CC(=O)NC(CO)C(O)CCCCCCCCCCCCC)OC(=O)CCCCCCCCCCC/C=C/CCCCCCCC. The number of carbonyl (C=O) groups excluding carboxylic acids is 2. The maximum absolute atomic E-state index is 13.2. The predicted molar refractivity (Wildman–Crippen MR) is 282 cm³/mol. The van der Waals surface area contributed by atoms with Gasteiger partial charge < -0.3 is 20.3 Å². The second kappa shape index (κ2) is 52.8. The number of rotatable bonds is 51. The van der Waals surface area contributed by atoms with Crippen LogP contribution in [0.2, 0.25) is 0 Å². The van der Waals surface area contributed by atoms with Crippen molar-refractivity contribution in [3.05, 3.63) is 48.6 Å². The second-order valence-corrected chi connectivity index (χ2v) is 19.4. The predicted octanol–water partition coefficient (Wildman–Crippen LogP) is 17.4. The van der Waals surface area contributed by atoms with Crippen LogP contribution in [0.15, 0.2) is 48.6 Å². The van der Waals surface area contributed by atoms with Gasteiger partial charge in [-0.05, 0) is 77.0 Å². The minimum atomic E-state index is -0.797. The lowest BCUT2D eigenvalue weighted by atomic mass is 10.0. The van der Waals surface area contributed by atoms with Crippen molar-refractivity contribution in [3.63, 3.8) is 0 Å². The van der Waals surface area contributed by atoms with Crippen LogP contribution in [0.3, 0.4) is 0 Å². The average molecular weight is 913 g/mol. The molecule has 6 nitrogen and oxygen atoms in total. The Balaban J connectivity index is 4.59. The fourth-order valence-electron chi connectivity index (χ4n) is 8.60. The zero-order valence-corrected chi connectivity index (χ0v) is 43.4. The molecule has 0 bridgehead atoms. The summed E-state index contributed by atoms with van der Waals surface area (Å²) in [5.41, 5.74) is 0. The van der Waals surface area contributed by atoms with Crippen LogP contribution in [-0.4, -0.2) is 46.9 Å². The second-order valence-electron chi connectivity index (χ2n) is 19.4. The van der Waals surface area contributed by atoms with Crippen molar-refractivity contribution >= 4 is 11.9 Å². The molecule has 0 saturated heterocycles. The van der Waals surface area contributed by atoms with Crippen LogP contribution < -0.4 is 5.32 Å². The smallest absolute Gasteiger partial charge is 0.306 e. The lowest BCUT2D eigenvalue weighted by Crippen LogP contribution is -2.46. The molecular formula is C59H109NO5. The molecule has 0 heterocycles. The van der Waals surface area contributed by atoms with E-state index in [9.17, 15) is 19.8 Å². The molecule has 0 aliphatic carbocycles. The first-order valence-electron chi connectivity index (χ1n) is 28.4. The minimum Gasteiger partial charge on any atom is -0.462 e. The summed E-state index contributed by atoms with van der Waals surface area (Å²) in [4.78, 5) is 26.2. The number of carbonyl (C=O) groups is 2. The van der Waals surface area contributed by atoms with E-state index in [1.54, 1.807) is 0 Å². The summed E-state index contributed by atoms with van der Waals surface area (Å²) in [6.45, 7) is 6.47. The van der Waals surface area contributed by atoms with Gasteiger partial charge in [0.05, 0.1) is 25.2 Å². The Morgan fingerprint density at radius 1 is 0.446 bits per heavy atom. The van der Waals surface area contributed by atoms with E-state index in [1.165, 1.54) is 173 Å². The molecule has 6 heteroatoms. The fourth-order valence-corrected chi connectivity index (χ4v) is 8.60. The van der Waals surface area contributed by atoms with E-state index in [1.807, 2.05) is 0 Å². The van der Waals surface area contributed by atoms with E-state index < -0.39 is 18.2 Å². The van der Waals surface area contributed by atoms with Crippen molar-refractivity contribution in [1.82, 2.24) is 5.32 Å². The Morgan fingerprint density at radius 3 is 1.23 bits per heavy atom. The van der Waals surface area contributed by atoms with Gasteiger partial charge >= 0.3 is 5.97 Å². The summed E-state index contributed by atoms with van der Waals surface area (Å²) in [5, 5.41) is 23.8. The molecule has 0 aliphatic rings. The lowest BCUT2D eigenvalue weighted by molar-refractivity contribution is -0.151. The Hall–Kier alpha value is -2.18. The monoisotopic (exact) mass is 912 g/mol. The van der Waals surface area contributed by atoms with Gasteiger partial charge in [-0.25, -0.2) is 0 Å². The highest BCUT2D eigenvalue weighted by molar-refractivity contribution is 5.77. The number of esters is 1. The average Bonchev–Trinajstić information content (AvgIpc) is 3.30. The van der Waals surface area contributed by atoms with Crippen LogP contribution in [0.25, 0.3) is 0 Å². The largest absolute Gasteiger partial charge is 0.462 e. The number of hydrogen-bond donors (Lipinski definition) is 3. The summed E-state index contributed by atoms with van der Waals surface area (Å²) in [5.74, 6) is -0.501. The van der Waals surface area contributed by atoms with Crippen LogP contribution in [-0.2, 0) is 14.3 Å². The summed E-state index contributed by atoms with van der Waals surface area (Å²) >= 11 is 0. The van der Waals surface area contributed by atoms with Gasteiger partial charge in [0.1, 0.15) is 6.10 Å². The van der Waals surface area contributed by atoms with Gasteiger partial charge in [-0.3, -0.25) is 9.59 Å². The van der Waals surface area contributed by atoms with Crippen LogP contribution in [0, 0.1) is 0 Å². The molecule has 65 heavy (non-hydrogen) atoms. The van der Waals surface area contributed by atoms with Crippen LogP contribution in [0.1, 0.15) is 290 Å². The molecule has 3 unspecified atom stereocenters. The zero-order valence-electron chi connectivity index (χ0n) is 43.4. The van der Waals surface area contributed by atoms with Crippen molar-refractivity contribution in [1.29, 1.82) is 0 Å². The number of aliphatic hydroxyl groups excluding tert-OH is 2. The zero-order chi connectivity index (χ0) is 47.4. The molecule has 380 valence electrons. The van der Waals surface area contributed by atoms with E-state index >= 15 is 0 Å². The van der Waals surface area contributed by atoms with Gasteiger partial charge in [0.2, 0.25) is 5.91 Å². The topological polar surface area (TPSA) is 95.9 Å². The molecule has 0 aromatic carbocycles. The van der Waals surface area contributed by atoms with Crippen LogP contribution >= 0.6 is 0 Å². The standard InChI is InChI=1S/C59H109NO5/c1-4-7-10-13-16-19-22-24-26-28-29-30-32-34-37-40-43-46-49-52-59(64)65-55(50-47-44-41-38-36-33-31-27-25-23-20-17-14-11-8-5-2)53-58(63)60-56(54-61)57(62)51-48-45-42-39-35-21-18-15-12-9-6-3/h23-27,31,33,36,55-57,61-62H,4-22,28-30,32,34-35,37-54H2,1-3H3,(H,60,63)/b25-23+,26-24+,31-27+,36-33+. The van der Waals surface area contributed by atoms with Gasteiger partial charge in [-0.15, -0.1) is 0 Å². The minimum absolute atomic E-state index is 0.0554. The third-order valence-corrected chi connectivity index (χ3v) is 12.9. The highest BCUT2D eigenvalue weighted by atomic mass is 16.5. The molecule has 0 spiro atoms. The summed E-state index contributed by atoms with van der Waals surface area (Å²) in [7, 11) is 0. The number of aliphatic hydroxyl groups is 2. The molecule has 3 atom stereocenters. The number of nitrogens with one attached hydrogen (secondary N) is 1. The van der Waals surface area contributed by atoms with E-state index in [0.717, 1.165) is 70.6 Å². The van der Waals surface area contributed by atoms with Crippen molar-refractivity contribution in [2.75, 3.05) is 6.61 Å². The normalized spacial score (nSPS) is 13.5. The first-order valence-corrected chi connectivity index (χ1v) is 28.4. The fraction of sp³-hybridized carbons (Fsp3) is 0.831. The van der Waals surface area contributed by atoms with E-state index in [2.05, 4.69) is 74.7 Å². The van der Waals surface area contributed by atoms with E-state index in [-0.39, 0.29) is 24.9 Å². The van der Waals surface area contributed by atoms with Gasteiger partial charge in [-0.1, -0.05) is 249 Å². The third kappa shape index (κ3) is 48.1. The van der Waals surface area contributed by atoms with E-state index in [4.69, 9.17) is 4.74 Å². The maximum Gasteiger partial charge on any atom is 0.306 e.